The van der Waals surface area contributed by atoms with E-state index in [1.54, 1.807) is 6.20 Å². The summed E-state index contributed by atoms with van der Waals surface area (Å²) in [6, 6.07) is 0.388. The lowest BCUT2D eigenvalue weighted by Crippen LogP contribution is -2.48. The fraction of sp³-hybridized carbons (Fsp3) is 0.765. The Balaban J connectivity index is 1.80. The van der Waals surface area contributed by atoms with Gasteiger partial charge in [0, 0.05) is 37.9 Å². The Hall–Kier alpha value is -1.36. The summed E-state index contributed by atoms with van der Waals surface area (Å²) in [7, 11) is 2.16. The van der Waals surface area contributed by atoms with Crippen LogP contribution in [0.1, 0.15) is 42.7 Å². The van der Waals surface area contributed by atoms with Crippen LogP contribution in [0.25, 0.3) is 0 Å². The van der Waals surface area contributed by atoms with E-state index in [9.17, 15) is 4.79 Å². The number of aromatic nitrogens is 2. The summed E-state index contributed by atoms with van der Waals surface area (Å²) in [5, 5.41) is 4.43. The van der Waals surface area contributed by atoms with E-state index in [0.717, 1.165) is 43.9 Å². The summed E-state index contributed by atoms with van der Waals surface area (Å²) >= 11 is 0. The number of likely N-dealkylation sites (tertiary alicyclic amines) is 2. The minimum absolute atomic E-state index is 0.178. The summed E-state index contributed by atoms with van der Waals surface area (Å²) in [4.78, 5) is 17.5. The van der Waals surface area contributed by atoms with Crippen LogP contribution in [0.5, 0.6) is 0 Å². The highest BCUT2D eigenvalue weighted by Crippen LogP contribution is 2.31. The minimum atomic E-state index is 0.178. The molecule has 0 aliphatic carbocycles. The van der Waals surface area contributed by atoms with E-state index in [0.29, 0.717) is 17.9 Å². The fourth-order valence-electron chi connectivity index (χ4n) is 3.98. The van der Waals surface area contributed by atoms with Gasteiger partial charge in [-0.15, -0.1) is 0 Å². The van der Waals surface area contributed by atoms with E-state index in [4.69, 9.17) is 0 Å². The van der Waals surface area contributed by atoms with Gasteiger partial charge in [-0.1, -0.05) is 13.8 Å². The van der Waals surface area contributed by atoms with Crippen molar-refractivity contribution in [3.05, 3.63) is 17.5 Å². The molecule has 0 saturated carbocycles. The second-order valence-corrected chi connectivity index (χ2v) is 7.41. The molecule has 2 aliphatic rings. The van der Waals surface area contributed by atoms with Gasteiger partial charge in [0.05, 0.1) is 11.8 Å². The molecule has 2 saturated heterocycles. The van der Waals surface area contributed by atoms with Gasteiger partial charge in [-0.2, -0.15) is 5.10 Å². The van der Waals surface area contributed by atoms with Crippen molar-refractivity contribution >= 4 is 5.91 Å². The average molecular weight is 304 g/mol. The minimum Gasteiger partial charge on any atom is -0.334 e. The lowest BCUT2D eigenvalue weighted by molar-refractivity contribution is 0.0570. The first kappa shape index (κ1) is 15.5. The van der Waals surface area contributed by atoms with E-state index in [2.05, 4.69) is 35.8 Å². The second kappa shape index (κ2) is 6.03. The molecule has 1 amide bonds. The van der Waals surface area contributed by atoms with Crippen LogP contribution in [0.3, 0.4) is 0 Å². The molecule has 2 atom stereocenters. The molecule has 3 heterocycles. The molecule has 0 aromatic carbocycles. The summed E-state index contributed by atoms with van der Waals surface area (Å²) < 4.78 is 1.97. The number of amides is 1. The zero-order valence-corrected chi connectivity index (χ0v) is 14.2. The molecule has 0 bridgehead atoms. The first-order valence-electron chi connectivity index (χ1n) is 8.49. The fourth-order valence-corrected chi connectivity index (χ4v) is 3.98. The molecule has 22 heavy (non-hydrogen) atoms. The van der Waals surface area contributed by atoms with Gasteiger partial charge in [-0.3, -0.25) is 9.48 Å². The molecule has 1 aromatic heterocycles. The van der Waals surface area contributed by atoms with Crippen molar-refractivity contribution in [3.8, 4) is 0 Å². The Bertz CT molecular complexity index is 551. The molecule has 3 rings (SSSR count). The van der Waals surface area contributed by atoms with E-state index in [1.807, 2.05) is 11.6 Å². The molecule has 0 spiro atoms. The largest absolute Gasteiger partial charge is 0.334 e. The molecule has 5 heteroatoms. The lowest BCUT2D eigenvalue weighted by atomic mass is 9.91. The van der Waals surface area contributed by atoms with Gasteiger partial charge < -0.3 is 9.80 Å². The van der Waals surface area contributed by atoms with Crippen molar-refractivity contribution < 1.29 is 4.79 Å². The lowest BCUT2D eigenvalue weighted by Gasteiger charge is -2.37. The van der Waals surface area contributed by atoms with Gasteiger partial charge in [0.15, 0.2) is 0 Å². The molecule has 2 aliphatic heterocycles. The molecule has 0 N–H and O–H groups in total. The highest BCUT2D eigenvalue weighted by molar-refractivity contribution is 5.95. The third-order valence-corrected chi connectivity index (χ3v) is 5.10. The van der Waals surface area contributed by atoms with E-state index in [1.165, 1.54) is 6.42 Å². The summed E-state index contributed by atoms with van der Waals surface area (Å²) in [6.45, 7) is 10.3. The standard InChI is InChI=1S/C17H28N4O/c1-12(2)9-21-13(3)15(8-18-21)17(22)20-7-5-6-14-10-19(4)11-16(14)20/h8,12,14,16H,5-7,9-11H2,1-4H3/t14-,16+/m0/s1. The van der Waals surface area contributed by atoms with Gasteiger partial charge >= 0.3 is 0 Å². The van der Waals surface area contributed by atoms with Crippen LogP contribution in [0, 0.1) is 18.8 Å². The van der Waals surface area contributed by atoms with Crippen molar-refractivity contribution in [1.29, 1.82) is 0 Å². The number of carbonyl (C=O) groups is 1. The Morgan fingerprint density at radius 2 is 2.18 bits per heavy atom. The van der Waals surface area contributed by atoms with Crippen LogP contribution in [0.4, 0.5) is 0 Å². The summed E-state index contributed by atoms with van der Waals surface area (Å²) in [5.41, 5.74) is 1.79. The quantitative estimate of drug-likeness (QED) is 0.858. The molecule has 0 radical (unpaired) electrons. The van der Waals surface area contributed by atoms with Crippen molar-refractivity contribution in [1.82, 2.24) is 19.6 Å². The molecule has 1 aromatic rings. The smallest absolute Gasteiger partial charge is 0.257 e. The number of rotatable bonds is 3. The van der Waals surface area contributed by atoms with Gasteiger partial charge in [0.1, 0.15) is 0 Å². The molecule has 2 fully saturated rings. The van der Waals surface area contributed by atoms with Crippen LogP contribution in [-0.2, 0) is 6.54 Å². The van der Waals surface area contributed by atoms with Crippen LogP contribution in [0.15, 0.2) is 6.20 Å². The predicted octanol–water partition coefficient (Wildman–Crippen LogP) is 2.01. The number of hydrogen-bond donors (Lipinski definition) is 0. The number of nitrogens with zero attached hydrogens (tertiary/aromatic N) is 4. The topological polar surface area (TPSA) is 41.4 Å². The Kier molecular flexibility index (Phi) is 4.26. The number of carbonyl (C=O) groups excluding carboxylic acids is 1. The summed E-state index contributed by atoms with van der Waals surface area (Å²) in [5.74, 6) is 1.36. The van der Waals surface area contributed by atoms with Gasteiger partial charge in [0.25, 0.3) is 5.91 Å². The first-order chi connectivity index (χ1) is 10.5. The Morgan fingerprint density at radius 3 is 2.91 bits per heavy atom. The maximum absolute atomic E-state index is 13.0. The van der Waals surface area contributed by atoms with Crippen LogP contribution in [-0.4, -0.2) is 58.2 Å². The average Bonchev–Trinajstić information content (AvgIpc) is 3.00. The highest BCUT2D eigenvalue weighted by Gasteiger charge is 2.40. The third-order valence-electron chi connectivity index (χ3n) is 5.10. The van der Waals surface area contributed by atoms with Gasteiger partial charge in [-0.25, -0.2) is 0 Å². The Labute approximate surface area is 133 Å². The molecule has 5 nitrogen and oxygen atoms in total. The maximum atomic E-state index is 13.0. The van der Waals surface area contributed by atoms with E-state index >= 15 is 0 Å². The normalized spacial score (nSPS) is 25.8. The van der Waals surface area contributed by atoms with E-state index in [-0.39, 0.29) is 5.91 Å². The van der Waals surface area contributed by atoms with Gasteiger partial charge in [-0.05, 0) is 38.6 Å². The monoisotopic (exact) mass is 304 g/mol. The summed E-state index contributed by atoms with van der Waals surface area (Å²) in [6.07, 6.45) is 4.15. The van der Waals surface area contributed by atoms with Crippen molar-refractivity contribution in [3.63, 3.8) is 0 Å². The van der Waals surface area contributed by atoms with Crippen LogP contribution >= 0.6 is 0 Å². The Morgan fingerprint density at radius 1 is 1.41 bits per heavy atom. The van der Waals surface area contributed by atoms with E-state index < -0.39 is 0 Å². The number of fused-ring (bicyclic) bond motifs is 1. The molecule has 122 valence electrons. The van der Waals surface area contributed by atoms with Crippen molar-refractivity contribution in [2.75, 3.05) is 26.7 Å². The van der Waals surface area contributed by atoms with Crippen LogP contribution < -0.4 is 0 Å². The zero-order chi connectivity index (χ0) is 15.9. The third kappa shape index (κ3) is 2.78. The predicted molar refractivity (Wildman–Crippen MR) is 86.8 cm³/mol. The van der Waals surface area contributed by atoms with Crippen molar-refractivity contribution in [2.24, 2.45) is 11.8 Å². The highest BCUT2D eigenvalue weighted by atomic mass is 16.2. The zero-order valence-electron chi connectivity index (χ0n) is 14.2. The second-order valence-electron chi connectivity index (χ2n) is 7.41. The molecule has 0 unspecified atom stereocenters. The maximum Gasteiger partial charge on any atom is 0.257 e. The van der Waals surface area contributed by atoms with Gasteiger partial charge in [0.2, 0.25) is 0 Å². The van der Waals surface area contributed by atoms with Crippen molar-refractivity contribution in [2.45, 2.75) is 46.2 Å². The number of likely N-dealkylation sites (N-methyl/N-ethyl adjacent to an activating group) is 1. The SMILES string of the molecule is Cc1c(C(=O)N2CCC[C@H]3CN(C)C[C@H]32)cnn1CC(C)C. The van der Waals surface area contributed by atoms with Crippen LogP contribution in [0.2, 0.25) is 0 Å². The molecular weight excluding hydrogens is 276 g/mol. The number of piperidine rings is 1. The first-order valence-corrected chi connectivity index (χ1v) is 8.49. The molecular formula is C17H28N4O. The number of hydrogen-bond acceptors (Lipinski definition) is 3.